The van der Waals surface area contributed by atoms with E-state index in [0.29, 0.717) is 24.7 Å². The number of benzene rings is 1. The van der Waals surface area contributed by atoms with E-state index < -0.39 is 10.0 Å². The molecule has 138 valence electrons. The Morgan fingerprint density at radius 2 is 1.88 bits per heavy atom. The van der Waals surface area contributed by atoms with Gasteiger partial charge >= 0.3 is 0 Å². The minimum absolute atomic E-state index is 0.134. The molecule has 3 heterocycles. The van der Waals surface area contributed by atoms with Crippen LogP contribution in [0.5, 0.6) is 11.5 Å². The Labute approximate surface area is 151 Å². The molecule has 0 radical (unpaired) electrons. The SMILES string of the molecule is O=S(=O)(NCc1ccc2c(c1)OCO2)c1ccc(N2CCOCC2)nc1. The molecule has 0 amide bonds. The van der Waals surface area contributed by atoms with Gasteiger partial charge in [0.2, 0.25) is 16.8 Å². The molecule has 1 aromatic carbocycles. The predicted octanol–water partition coefficient (Wildman–Crippen LogP) is 1.13. The normalized spacial score (nSPS) is 16.7. The van der Waals surface area contributed by atoms with Gasteiger partial charge < -0.3 is 19.1 Å². The Morgan fingerprint density at radius 3 is 2.65 bits per heavy atom. The number of anilines is 1. The second kappa shape index (κ2) is 7.10. The Bertz CT molecular complexity index is 880. The Morgan fingerprint density at radius 1 is 1.08 bits per heavy atom. The highest BCUT2D eigenvalue weighted by molar-refractivity contribution is 7.89. The van der Waals surface area contributed by atoms with E-state index >= 15 is 0 Å². The van der Waals surface area contributed by atoms with E-state index in [2.05, 4.69) is 14.6 Å². The maximum Gasteiger partial charge on any atom is 0.242 e. The third-order valence-corrected chi connectivity index (χ3v) is 5.66. The second-order valence-electron chi connectivity index (χ2n) is 5.96. The van der Waals surface area contributed by atoms with Crippen LogP contribution >= 0.6 is 0 Å². The van der Waals surface area contributed by atoms with Gasteiger partial charge in [0.1, 0.15) is 10.7 Å². The van der Waals surface area contributed by atoms with Crippen molar-refractivity contribution in [3.63, 3.8) is 0 Å². The van der Waals surface area contributed by atoms with Crippen LogP contribution < -0.4 is 19.1 Å². The molecule has 1 fully saturated rings. The molecule has 0 saturated carbocycles. The van der Waals surface area contributed by atoms with Gasteiger partial charge in [-0.2, -0.15) is 0 Å². The van der Waals surface area contributed by atoms with Crippen LogP contribution in [0.15, 0.2) is 41.4 Å². The van der Waals surface area contributed by atoms with Crippen molar-refractivity contribution in [1.29, 1.82) is 0 Å². The first-order chi connectivity index (χ1) is 12.6. The molecule has 0 bridgehead atoms. The molecule has 1 aromatic heterocycles. The standard InChI is InChI=1S/C17H19N3O5S/c21-26(22,19-10-13-1-3-15-16(9-13)25-12-24-15)14-2-4-17(18-11-14)20-5-7-23-8-6-20/h1-4,9,11,19H,5-8,10,12H2. The zero-order valence-electron chi connectivity index (χ0n) is 14.1. The third-order valence-electron chi connectivity index (χ3n) is 4.27. The lowest BCUT2D eigenvalue weighted by molar-refractivity contribution is 0.122. The summed E-state index contributed by atoms with van der Waals surface area (Å²) >= 11 is 0. The molecule has 2 aliphatic heterocycles. The quantitative estimate of drug-likeness (QED) is 0.835. The summed E-state index contributed by atoms with van der Waals surface area (Å²) < 4.78 is 43.4. The number of hydrogen-bond donors (Lipinski definition) is 1. The van der Waals surface area contributed by atoms with E-state index in [1.165, 1.54) is 6.20 Å². The van der Waals surface area contributed by atoms with Gasteiger partial charge in [-0.3, -0.25) is 0 Å². The molecule has 4 rings (SSSR count). The van der Waals surface area contributed by atoms with Crippen molar-refractivity contribution in [2.45, 2.75) is 11.4 Å². The van der Waals surface area contributed by atoms with Crippen molar-refractivity contribution in [1.82, 2.24) is 9.71 Å². The number of ether oxygens (including phenoxy) is 3. The Kier molecular flexibility index (Phi) is 4.66. The van der Waals surface area contributed by atoms with E-state index in [4.69, 9.17) is 14.2 Å². The number of sulfonamides is 1. The number of fused-ring (bicyclic) bond motifs is 1. The van der Waals surface area contributed by atoms with Crippen LogP contribution in [0.2, 0.25) is 0 Å². The van der Waals surface area contributed by atoms with Gasteiger partial charge in [-0.05, 0) is 29.8 Å². The molecule has 0 atom stereocenters. The number of hydrogen-bond acceptors (Lipinski definition) is 7. The zero-order valence-corrected chi connectivity index (χ0v) is 14.9. The Hall–Kier alpha value is -2.36. The highest BCUT2D eigenvalue weighted by Gasteiger charge is 2.18. The molecule has 1 N–H and O–H groups in total. The first-order valence-electron chi connectivity index (χ1n) is 8.29. The number of aromatic nitrogens is 1. The third kappa shape index (κ3) is 3.59. The monoisotopic (exact) mass is 377 g/mol. The number of nitrogens with one attached hydrogen (secondary N) is 1. The van der Waals surface area contributed by atoms with Crippen LogP contribution in [0.4, 0.5) is 5.82 Å². The number of nitrogens with zero attached hydrogens (tertiary/aromatic N) is 2. The van der Waals surface area contributed by atoms with Crippen LogP contribution in [0.1, 0.15) is 5.56 Å². The van der Waals surface area contributed by atoms with Crippen molar-refractivity contribution >= 4 is 15.8 Å². The van der Waals surface area contributed by atoms with E-state index in [-0.39, 0.29) is 18.2 Å². The molecule has 0 spiro atoms. The summed E-state index contributed by atoms with van der Waals surface area (Å²) in [7, 11) is -3.65. The minimum Gasteiger partial charge on any atom is -0.454 e. The highest BCUT2D eigenvalue weighted by Crippen LogP contribution is 2.32. The predicted molar refractivity (Wildman–Crippen MR) is 93.9 cm³/mol. The lowest BCUT2D eigenvalue weighted by Gasteiger charge is -2.27. The fraction of sp³-hybridized carbons (Fsp3) is 0.353. The molecule has 0 aliphatic carbocycles. The minimum atomic E-state index is -3.65. The molecule has 2 aromatic rings. The first-order valence-corrected chi connectivity index (χ1v) is 9.77. The van der Waals surface area contributed by atoms with Crippen LogP contribution in [-0.2, 0) is 21.3 Å². The Balaban J connectivity index is 1.42. The van der Waals surface area contributed by atoms with Crippen LogP contribution in [0, 0.1) is 0 Å². The van der Waals surface area contributed by atoms with E-state index in [1.807, 2.05) is 0 Å². The van der Waals surface area contributed by atoms with Gasteiger partial charge in [-0.1, -0.05) is 6.07 Å². The van der Waals surface area contributed by atoms with Crippen molar-refractivity contribution in [3.05, 3.63) is 42.1 Å². The van der Waals surface area contributed by atoms with Gasteiger partial charge in [0, 0.05) is 25.8 Å². The lowest BCUT2D eigenvalue weighted by atomic mass is 10.2. The van der Waals surface area contributed by atoms with Gasteiger partial charge in [0.15, 0.2) is 11.5 Å². The molecule has 2 aliphatic rings. The summed E-state index contributed by atoms with van der Waals surface area (Å²) in [6.07, 6.45) is 1.38. The molecular weight excluding hydrogens is 358 g/mol. The van der Waals surface area contributed by atoms with Gasteiger partial charge in [-0.25, -0.2) is 18.1 Å². The molecule has 9 heteroatoms. The number of morpholine rings is 1. The topological polar surface area (TPSA) is 90.0 Å². The van der Waals surface area contributed by atoms with Gasteiger partial charge in [0.05, 0.1) is 13.2 Å². The average molecular weight is 377 g/mol. The molecule has 1 saturated heterocycles. The fourth-order valence-electron chi connectivity index (χ4n) is 2.82. The van der Waals surface area contributed by atoms with Gasteiger partial charge in [0.25, 0.3) is 0 Å². The summed E-state index contributed by atoms with van der Waals surface area (Å²) in [4.78, 5) is 6.49. The van der Waals surface area contributed by atoms with Crippen LogP contribution in [-0.4, -0.2) is 46.5 Å². The zero-order chi connectivity index (χ0) is 18.0. The van der Waals surface area contributed by atoms with E-state index in [0.717, 1.165) is 24.5 Å². The smallest absolute Gasteiger partial charge is 0.242 e. The lowest BCUT2D eigenvalue weighted by Crippen LogP contribution is -2.36. The van der Waals surface area contributed by atoms with Crippen molar-refractivity contribution in [2.24, 2.45) is 0 Å². The molecule has 8 nitrogen and oxygen atoms in total. The van der Waals surface area contributed by atoms with E-state index in [1.54, 1.807) is 30.3 Å². The van der Waals surface area contributed by atoms with Gasteiger partial charge in [-0.15, -0.1) is 0 Å². The van der Waals surface area contributed by atoms with Crippen LogP contribution in [0.25, 0.3) is 0 Å². The van der Waals surface area contributed by atoms with Crippen molar-refractivity contribution in [2.75, 3.05) is 38.0 Å². The molecule has 0 unspecified atom stereocenters. The largest absolute Gasteiger partial charge is 0.454 e. The summed E-state index contributed by atoms with van der Waals surface area (Å²) in [5, 5.41) is 0. The number of rotatable bonds is 5. The van der Waals surface area contributed by atoms with Crippen molar-refractivity contribution < 1.29 is 22.6 Å². The summed E-state index contributed by atoms with van der Waals surface area (Å²) in [5.41, 5.74) is 0.788. The average Bonchev–Trinajstić information content (AvgIpc) is 3.15. The molecular formula is C17H19N3O5S. The summed E-state index contributed by atoms with van der Waals surface area (Å²) in [6.45, 7) is 3.15. The first kappa shape index (κ1) is 17.1. The fourth-order valence-corrected chi connectivity index (χ4v) is 3.79. The highest BCUT2D eigenvalue weighted by atomic mass is 32.2. The maximum absolute atomic E-state index is 12.5. The number of pyridine rings is 1. The van der Waals surface area contributed by atoms with Crippen LogP contribution in [0.3, 0.4) is 0 Å². The van der Waals surface area contributed by atoms with E-state index in [9.17, 15) is 8.42 Å². The second-order valence-corrected chi connectivity index (χ2v) is 7.73. The van der Waals surface area contributed by atoms with Crippen molar-refractivity contribution in [3.8, 4) is 11.5 Å². The molecule has 26 heavy (non-hydrogen) atoms. The summed E-state index contributed by atoms with van der Waals surface area (Å²) in [5.74, 6) is 2.04. The summed E-state index contributed by atoms with van der Waals surface area (Å²) in [6, 6.07) is 8.63. The maximum atomic E-state index is 12.5.